The van der Waals surface area contributed by atoms with Crippen molar-refractivity contribution in [1.82, 2.24) is 4.57 Å². The van der Waals surface area contributed by atoms with Crippen molar-refractivity contribution in [2.75, 3.05) is 0 Å². The van der Waals surface area contributed by atoms with Crippen LogP contribution in [-0.2, 0) is 0 Å². The molecular weight excluding hydrogens is 328 g/mol. The highest BCUT2D eigenvalue weighted by Crippen LogP contribution is 2.30. The highest BCUT2D eigenvalue weighted by atomic mass is 16.6. The average molecular weight is 342 g/mol. The lowest BCUT2D eigenvalue weighted by Crippen LogP contribution is -2.18. The summed E-state index contributed by atoms with van der Waals surface area (Å²) in [7, 11) is 0. The van der Waals surface area contributed by atoms with E-state index in [-0.39, 0.29) is 11.2 Å². The Morgan fingerprint density at radius 1 is 0.808 bits per heavy atom. The molecule has 0 atom stereocenters. The van der Waals surface area contributed by atoms with E-state index in [4.69, 9.17) is 0 Å². The summed E-state index contributed by atoms with van der Waals surface area (Å²) in [5.41, 5.74) is 2.68. The highest BCUT2D eigenvalue weighted by Gasteiger charge is 2.13. The summed E-state index contributed by atoms with van der Waals surface area (Å²) in [5.74, 6) is 0. The predicted octanol–water partition coefficient (Wildman–Crippen LogP) is 4.57. The standard InChI is InChI=1S/C21H14N2O3/c24-21-14-19(15-7-6-10-17(13-15)23(25)26)18-11-4-5-12-20(18)22(21)16-8-2-1-3-9-16/h1-14H. The van der Waals surface area contributed by atoms with Crippen LogP contribution in [-0.4, -0.2) is 9.49 Å². The fraction of sp³-hybridized carbons (Fsp3) is 0. The summed E-state index contributed by atoms with van der Waals surface area (Å²) >= 11 is 0. The second-order valence-corrected chi connectivity index (χ2v) is 5.89. The normalized spacial score (nSPS) is 10.8. The summed E-state index contributed by atoms with van der Waals surface area (Å²) in [5, 5.41) is 12.0. The van der Waals surface area contributed by atoms with E-state index in [0.29, 0.717) is 11.1 Å². The summed E-state index contributed by atoms with van der Waals surface area (Å²) in [6.45, 7) is 0. The van der Waals surface area contributed by atoms with Crippen LogP contribution in [0.3, 0.4) is 0 Å². The van der Waals surface area contributed by atoms with Crippen LogP contribution in [0.15, 0.2) is 89.7 Å². The Labute approximate surface area is 148 Å². The van der Waals surface area contributed by atoms with Gasteiger partial charge in [0.1, 0.15) is 0 Å². The Kier molecular flexibility index (Phi) is 3.82. The van der Waals surface area contributed by atoms with Crippen molar-refractivity contribution in [3.8, 4) is 16.8 Å². The van der Waals surface area contributed by atoms with Crippen LogP contribution < -0.4 is 5.56 Å². The predicted molar refractivity (Wildman–Crippen MR) is 102 cm³/mol. The maximum absolute atomic E-state index is 12.9. The Morgan fingerprint density at radius 2 is 1.54 bits per heavy atom. The fourth-order valence-corrected chi connectivity index (χ4v) is 3.15. The molecule has 3 aromatic carbocycles. The molecule has 0 aliphatic rings. The molecule has 0 amide bonds. The Balaban J connectivity index is 2.04. The zero-order valence-corrected chi connectivity index (χ0v) is 13.7. The van der Waals surface area contributed by atoms with Gasteiger partial charge in [-0.3, -0.25) is 19.5 Å². The van der Waals surface area contributed by atoms with Gasteiger partial charge in [0.15, 0.2) is 0 Å². The van der Waals surface area contributed by atoms with Crippen LogP contribution in [0.4, 0.5) is 5.69 Å². The van der Waals surface area contributed by atoms with Gasteiger partial charge in [-0.05, 0) is 29.3 Å². The minimum Gasteiger partial charge on any atom is -0.277 e. The molecule has 0 bridgehead atoms. The highest BCUT2D eigenvalue weighted by molar-refractivity contribution is 5.95. The first-order valence-corrected chi connectivity index (χ1v) is 8.10. The number of nitro benzene ring substituents is 1. The van der Waals surface area contributed by atoms with Crippen LogP contribution in [0, 0.1) is 10.1 Å². The quantitative estimate of drug-likeness (QED) is 0.405. The third kappa shape index (κ3) is 2.65. The largest absolute Gasteiger partial charge is 0.277 e. The summed E-state index contributed by atoms with van der Waals surface area (Å²) < 4.78 is 1.65. The van der Waals surface area contributed by atoms with Gasteiger partial charge in [0.2, 0.25) is 0 Å². The zero-order chi connectivity index (χ0) is 18.1. The van der Waals surface area contributed by atoms with Crippen molar-refractivity contribution in [3.63, 3.8) is 0 Å². The first-order valence-electron chi connectivity index (χ1n) is 8.10. The van der Waals surface area contributed by atoms with Crippen molar-refractivity contribution < 1.29 is 4.92 Å². The smallest absolute Gasteiger partial charge is 0.270 e. The third-order valence-electron chi connectivity index (χ3n) is 4.31. The number of fused-ring (bicyclic) bond motifs is 1. The molecule has 5 nitrogen and oxygen atoms in total. The molecule has 0 N–H and O–H groups in total. The Bertz CT molecular complexity index is 1180. The molecule has 1 heterocycles. The molecule has 126 valence electrons. The van der Waals surface area contributed by atoms with Gasteiger partial charge >= 0.3 is 0 Å². The Hall–Kier alpha value is -3.73. The van der Waals surface area contributed by atoms with E-state index >= 15 is 0 Å². The van der Waals surface area contributed by atoms with Crippen molar-refractivity contribution in [2.45, 2.75) is 0 Å². The number of nitro groups is 1. The van der Waals surface area contributed by atoms with Gasteiger partial charge < -0.3 is 0 Å². The molecule has 0 aliphatic carbocycles. The average Bonchev–Trinajstić information content (AvgIpc) is 2.68. The van der Waals surface area contributed by atoms with Gasteiger partial charge in [0.25, 0.3) is 11.2 Å². The first kappa shape index (κ1) is 15.8. The number of pyridine rings is 1. The molecule has 26 heavy (non-hydrogen) atoms. The molecule has 0 saturated heterocycles. The van der Waals surface area contributed by atoms with Gasteiger partial charge in [-0.15, -0.1) is 0 Å². The molecule has 0 unspecified atom stereocenters. The van der Waals surface area contributed by atoms with Gasteiger partial charge in [-0.1, -0.05) is 48.5 Å². The van der Waals surface area contributed by atoms with Crippen molar-refractivity contribution in [2.24, 2.45) is 0 Å². The number of nitrogens with zero attached hydrogens (tertiary/aromatic N) is 2. The van der Waals surface area contributed by atoms with E-state index in [1.165, 1.54) is 18.2 Å². The van der Waals surface area contributed by atoms with E-state index in [1.54, 1.807) is 16.7 Å². The maximum atomic E-state index is 12.9. The van der Waals surface area contributed by atoms with Gasteiger partial charge in [0.05, 0.1) is 10.4 Å². The van der Waals surface area contributed by atoms with Crippen LogP contribution in [0.25, 0.3) is 27.7 Å². The molecule has 5 heteroatoms. The molecule has 4 aromatic rings. The number of rotatable bonds is 3. The number of benzene rings is 3. The molecule has 1 aromatic heterocycles. The van der Waals surface area contributed by atoms with Crippen LogP contribution in [0.5, 0.6) is 0 Å². The number of hydrogen-bond acceptors (Lipinski definition) is 3. The van der Waals surface area contributed by atoms with E-state index in [0.717, 1.165) is 16.6 Å². The van der Waals surface area contributed by atoms with Gasteiger partial charge in [-0.25, -0.2) is 0 Å². The fourth-order valence-electron chi connectivity index (χ4n) is 3.15. The summed E-state index contributed by atoms with van der Waals surface area (Å²) in [6, 6.07) is 24.9. The SMILES string of the molecule is O=c1cc(-c2cccc([N+](=O)[O-])c2)c2ccccc2n1-c1ccccc1. The minimum absolute atomic E-state index is 0.00109. The topological polar surface area (TPSA) is 65.1 Å². The van der Waals surface area contributed by atoms with Crippen LogP contribution in [0.1, 0.15) is 0 Å². The van der Waals surface area contributed by atoms with Crippen LogP contribution in [0.2, 0.25) is 0 Å². The summed E-state index contributed by atoms with van der Waals surface area (Å²) in [4.78, 5) is 23.5. The molecule has 0 fully saturated rings. The summed E-state index contributed by atoms with van der Waals surface area (Å²) in [6.07, 6.45) is 0. The number of hydrogen-bond donors (Lipinski definition) is 0. The number of non-ortho nitro benzene ring substituents is 1. The monoisotopic (exact) mass is 342 g/mol. The maximum Gasteiger partial charge on any atom is 0.270 e. The van der Waals surface area contributed by atoms with E-state index < -0.39 is 4.92 Å². The van der Waals surface area contributed by atoms with E-state index in [2.05, 4.69) is 0 Å². The van der Waals surface area contributed by atoms with Crippen molar-refractivity contribution in [1.29, 1.82) is 0 Å². The second kappa shape index (κ2) is 6.29. The molecular formula is C21H14N2O3. The zero-order valence-electron chi connectivity index (χ0n) is 13.7. The van der Waals surface area contributed by atoms with Crippen molar-refractivity contribution >= 4 is 16.6 Å². The lowest BCUT2D eigenvalue weighted by molar-refractivity contribution is -0.384. The van der Waals surface area contributed by atoms with Crippen LogP contribution >= 0.6 is 0 Å². The number of aromatic nitrogens is 1. The van der Waals surface area contributed by atoms with Gasteiger partial charge in [-0.2, -0.15) is 0 Å². The van der Waals surface area contributed by atoms with Crippen molar-refractivity contribution in [3.05, 3.63) is 105 Å². The van der Waals surface area contributed by atoms with E-state index in [9.17, 15) is 14.9 Å². The molecule has 0 saturated carbocycles. The third-order valence-corrected chi connectivity index (χ3v) is 4.31. The molecule has 0 aliphatic heterocycles. The van der Waals surface area contributed by atoms with E-state index in [1.807, 2.05) is 54.6 Å². The Morgan fingerprint density at radius 3 is 2.31 bits per heavy atom. The first-order chi connectivity index (χ1) is 12.6. The minimum atomic E-state index is -0.434. The molecule has 0 spiro atoms. The van der Waals surface area contributed by atoms with Gasteiger partial charge in [0, 0.05) is 29.3 Å². The second-order valence-electron chi connectivity index (χ2n) is 5.89. The lowest BCUT2D eigenvalue weighted by Gasteiger charge is -2.13. The number of para-hydroxylation sites is 2. The molecule has 4 rings (SSSR count). The lowest BCUT2D eigenvalue weighted by atomic mass is 10.0. The molecule has 0 radical (unpaired) electrons.